The average Bonchev–Trinajstić information content (AvgIpc) is 2.42. The van der Waals surface area contributed by atoms with Gasteiger partial charge in [-0.05, 0) is 29.2 Å². The number of allylic oxidation sites excluding steroid dienone is 1. The highest BCUT2D eigenvalue weighted by Crippen LogP contribution is 2.16. The van der Waals surface area contributed by atoms with Crippen molar-refractivity contribution < 1.29 is 22.8 Å². The maximum absolute atomic E-state index is 12.0. The number of benzene rings is 1. The van der Waals surface area contributed by atoms with E-state index in [1.165, 1.54) is 18.2 Å². The number of rotatable bonds is 4. The van der Waals surface area contributed by atoms with Gasteiger partial charge in [0.2, 0.25) is 5.91 Å². The summed E-state index contributed by atoms with van der Waals surface area (Å²) in [5.74, 6) is -2.28. The van der Waals surface area contributed by atoms with Crippen molar-refractivity contribution in [1.29, 1.82) is 0 Å². The summed E-state index contributed by atoms with van der Waals surface area (Å²) in [6.45, 7) is 5.64. The number of anilines is 1. The predicted molar refractivity (Wildman–Crippen MR) is 81.6 cm³/mol. The fourth-order valence-corrected chi connectivity index (χ4v) is 1.50. The Hall–Kier alpha value is -2.31. The molecule has 0 radical (unpaired) electrons. The second-order valence-electron chi connectivity index (χ2n) is 6.07. The third-order valence-electron chi connectivity index (χ3n) is 2.67. The van der Waals surface area contributed by atoms with Crippen molar-refractivity contribution in [2.75, 3.05) is 5.32 Å². The zero-order valence-electron chi connectivity index (χ0n) is 13.1. The van der Waals surface area contributed by atoms with E-state index < -0.39 is 12.1 Å². The van der Waals surface area contributed by atoms with Gasteiger partial charge in [0.25, 0.3) is 0 Å². The Morgan fingerprint density at radius 1 is 1.09 bits per heavy atom. The smallest absolute Gasteiger partial charge is 0.344 e. The fraction of sp³-hybridized carbons (Fsp3) is 0.375. The summed E-state index contributed by atoms with van der Waals surface area (Å²) >= 11 is 0. The monoisotopic (exact) mass is 328 g/mol. The predicted octanol–water partition coefficient (Wildman–Crippen LogP) is 3.41. The lowest BCUT2D eigenvalue weighted by atomic mass is 9.96. The molecule has 0 aliphatic rings. The van der Waals surface area contributed by atoms with E-state index in [-0.39, 0.29) is 17.9 Å². The molecule has 0 atom stereocenters. The van der Waals surface area contributed by atoms with Gasteiger partial charge in [-0.3, -0.25) is 9.59 Å². The Morgan fingerprint density at radius 3 is 2.13 bits per heavy atom. The molecule has 1 aromatic carbocycles. The van der Waals surface area contributed by atoms with Gasteiger partial charge in [0.05, 0.1) is 0 Å². The van der Waals surface area contributed by atoms with Gasteiger partial charge in [-0.2, -0.15) is 13.2 Å². The van der Waals surface area contributed by atoms with E-state index >= 15 is 0 Å². The molecule has 7 heteroatoms. The molecular weight excluding hydrogens is 309 g/mol. The molecule has 2 N–H and O–H groups in total. The molecular formula is C16H19F3N2O2. The molecule has 23 heavy (non-hydrogen) atoms. The summed E-state index contributed by atoms with van der Waals surface area (Å²) in [6.07, 6.45) is -1.70. The van der Waals surface area contributed by atoms with Crippen LogP contribution in [0.15, 0.2) is 36.4 Å². The highest BCUT2D eigenvalue weighted by molar-refractivity contribution is 5.99. The number of alkyl halides is 3. The van der Waals surface area contributed by atoms with Crippen LogP contribution in [0, 0.1) is 5.41 Å². The van der Waals surface area contributed by atoms with Crippen LogP contribution in [0.1, 0.15) is 26.3 Å². The SMILES string of the molecule is CC(C)(C)/C=C/C(=O)Nc1ccc(CNC(=O)C(F)(F)F)cc1. The lowest BCUT2D eigenvalue weighted by Gasteiger charge is -2.11. The quantitative estimate of drug-likeness (QED) is 0.832. The van der Waals surface area contributed by atoms with Gasteiger partial charge in [-0.25, -0.2) is 0 Å². The number of carbonyl (C=O) groups excluding carboxylic acids is 2. The third kappa shape index (κ3) is 7.49. The molecule has 0 heterocycles. The molecule has 126 valence electrons. The molecule has 0 saturated heterocycles. The first-order chi connectivity index (χ1) is 10.5. The zero-order valence-corrected chi connectivity index (χ0v) is 13.1. The Labute approximate surface area is 132 Å². The van der Waals surface area contributed by atoms with E-state index in [1.54, 1.807) is 23.5 Å². The molecule has 0 aliphatic heterocycles. The average molecular weight is 328 g/mol. The molecule has 0 spiro atoms. The molecule has 4 nitrogen and oxygen atoms in total. The lowest BCUT2D eigenvalue weighted by molar-refractivity contribution is -0.173. The highest BCUT2D eigenvalue weighted by Gasteiger charge is 2.38. The minimum Gasteiger partial charge on any atom is -0.344 e. The van der Waals surface area contributed by atoms with Crippen LogP contribution in [0.25, 0.3) is 0 Å². The summed E-state index contributed by atoms with van der Waals surface area (Å²) < 4.78 is 36.1. The Kier molecular flexibility index (Phi) is 5.95. The van der Waals surface area contributed by atoms with Crippen molar-refractivity contribution in [2.24, 2.45) is 5.41 Å². The fourth-order valence-electron chi connectivity index (χ4n) is 1.50. The molecule has 2 amide bonds. The van der Waals surface area contributed by atoms with Gasteiger partial charge >= 0.3 is 12.1 Å². The number of hydrogen-bond acceptors (Lipinski definition) is 2. The first-order valence-electron chi connectivity index (χ1n) is 6.91. The van der Waals surface area contributed by atoms with E-state index in [1.807, 2.05) is 20.8 Å². The standard InChI is InChI=1S/C16H19F3N2O2/c1-15(2,3)9-8-13(22)21-12-6-4-11(5-7-12)10-20-14(23)16(17,18)19/h4-9H,10H2,1-3H3,(H,20,23)(H,21,22)/b9-8+. The van der Waals surface area contributed by atoms with E-state index in [0.29, 0.717) is 11.3 Å². The number of nitrogens with one attached hydrogen (secondary N) is 2. The van der Waals surface area contributed by atoms with Gasteiger partial charge in [0, 0.05) is 12.2 Å². The second-order valence-corrected chi connectivity index (χ2v) is 6.07. The van der Waals surface area contributed by atoms with Crippen LogP contribution < -0.4 is 10.6 Å². The zero-order chi connectivity index (χ0) is 17.7. The van der Waals surface area contributed by atoms with Crippen LogP contribution >= 0.6 is 0 Å². The molecule has 1 aromatic rings. The van der Waals surface area contributed by atoms with Gasteiger partial charge in [-0.1, -0.05) is 39.0 Å². The maximum atomic E-state index is 12.0. The van der Waals surface area contributed by atoms with E-state index in [2.05, 4.69) is 5.32 Å². The molecule has 0 unspecified atom stereocenters. The molecule has 1 rings (SSSR count). The van der Waals surface area contributed by atoms with Gasteiger partial charge in [-0.15, -0.1) is 0 Å². The van der Waals surface area contributed by atoms with Crippen molar-refractivity contribution in [3.8, 4) is 0 Å². The Balaban J connectivity index is 2.55. The van der Waals surface area contributed by atoms with Crippen LogP contribution in [-0.2, 0) is 16.1 Å². The summed E-state index contributed by atoms with van der Waals surface area (Å²) in [4.78, 5) is 22.4. The first-order valence-corrected chi connectivity index (χ1v) is 6.91. The van der Waals surface area contributed by atoms with Gasteiger partial charge in [0.1, 0.15) is 0 Å². The number of hydrogen-bond donors (Lipinski definition) is 2. The Morgan fingerprint density at radius 2 is 1.65 bits per heavy atom. The largest absolute Gasteiger partial charge is 0.471 e. The molecule has 0 fully saturated rings. The van der Waals surface area contributed by atoms with Crippen molar-refractivity contribution in [3.05, 3.63) is 42.0 Å². The van der Waals surface area contributed by atoms with E-state index in [9.17, 15) is 22.8 Å². The third-order valence-corrected chi connectivity index (χ3v) is 2.67. The summed E-state index contributed by atoms with van der Waals surface area (Å²) in [7, 11) is 0. The van der Waals surface area contributed by atoms with Crippen molar-refractivity contribution in [3.63, 3.8) is 0 Å². The topological polar surface area (TPSA) is 58.2 Å². The van der Waals surface area contributed by atoms with Crippen LogP contribution in [0.3, 0.4) is 0 Å². The van der Waals surface area contributed by atoms with Crippen LogP contribution in [0.5, 0.6) is 0 Å². The van der Waals surface area contributed by atoms with Crippen LogP contribution in [0.4, 0.5) is 18.9 Å². The van der Waals surface area contributed by atoms with Crippen molar-refractivity contribution in [1.82, 2.24) is 5.32 Å². The second kappa shape index (κ2) is 7.30. The van der Waals surface area contributed by atoms with Crippen molar-refractivity contribution >= 4 is 17.5 Å². The number of amides is 2. The molecule has 0 saturated carbocycles. The van der Waals surface area contributed by atoms with Crippen LogP contribution in [-0.4, -0.2) is 18.0 Å². The Bertz CT molecular complexity index is 585. The maximum Gasteiger partial charge on any atom is 0.471 e. The van der Waals surface area contributed by atoms with Crippen molar-refractivity contribution in [2.45, 2.75) is 33.5 Å². The van der Waals surface area contributed by atoms with Gasteiger partial charge in [0.15, 0.2) is 0 Å². The van der Waals surface area contributed by atoms with Gasteiger partial charge < -0.3 is 10.6 Å². The summed E-state index contributed by atoms with van der Waals surface area (Å²) in [6, 6.07) is 6.16. The molecule has 0 bridgehead atoms. The minimum absolute atomic E-state index is 0.113. The molecule has 0 aliphatic carbocycles. The normalized spacial score (nSPS) is 12.3. The molecule has 0 aromatic heterocycles. The lowest BCUT2D eigenvalue weighted by Crippen LogP contribution is -2.36. The number of halogens is 3. The minimum atomic E-state index is -4.90. The highest BCUT2D eigenvalue weighted by atomic mass is 19.4. The van der Waals surface area contributed by atoms with E-state index in [0.717, 1.165) is 0 Å². The summed E-state index contributed by atoms with van der Waals surface area (Å²) in [5, 5.41) is 4.41. The van der Waals surface area contributed by atoms with Crippen LogP contribution in [0.2, 0.25) is 0 Å². The van der Waals surface area contributed by atoms with E-state index in [4.69, 9.17) is 0 Å². The summed E-state index contributed by atoms with van der Waals surface area (Å²) in [5.41, 5.74) is 0.892. The number of carbonyl (C=O) groups is 2. The first kappa shape index (κ1) is 18.7.